The second-order valence-corrected chi connectivity index (χ2v) is 6.24. The number of fused-ring (bicyclic) bond motifs is 3. The number of hydrogen-bond acceptors (Lipinski definition) is 4. The maximum atomic E-state index is 5.49. The van der Waals surface area contributed by atoms with E-state index in [-0.39, 0.29) is 0 Å². The summed E-state index contributed by atoms with van der Waals surface area (Å²) in [5.74, 6) is 0.939. The lowest BCUT2D eigenvalue weighted by atomic mass is 9.92. The average molecular weight is 282 g/mol. The van der Waals surface area contributed by atoms with Gasteiger partial charge in [-0.05, 0) is 37.5 Å². The fourth-order valence-electron chi connectivity index (χ4n) is 2.76. The van der Waals surface area contributed by atoms with E-state index in [1.165, 1.54) is 21.6 Å². The number of para-hydroxylation sites is 1. The SMILES string of the molecule is Cc1sc(Nc2ccccc2)c2c1CCc1cnoc1-2. The fourth-order valence-corrected chi connectivity index (χ4v) is 3.88. The van der Waals surface area contributed by atoms with Crippen LogP contribution in [-0.4, -0.2) is 5.16 Å². The molecule has 3 nitrogen and oxygen atoms in total. The van der Waals surface area contributed by atoms with Gasteiger partial charge in [0.15, 0.2) is 5.76 Å². The molecule has 0 bridgehead atoms. The maximum Gasteiger partial charge on any atom is 0.173 e. The summed E-state index contributed by atoms with van der Waals surface area (Å²) in [6, 6.07) is 10.2. The van der Waals surface area contributed by atoms with Crippen LogP contribution in [0.1, 0.15) is 16.0 Å². The van der Waals surface area contributed by atoms with Crippen molar-refractivity contribution >= 4 is 22.0 Å². The van der Waals surface area contributed by atoms with E-state index in [0.717, 1.165) is 29.3 Å². The first-order valence-electron chi connectivity index (χ1n) is 6.71. The molecule has 0 saturated carbocycles. The minimum absolute atomic E-state index is 0.939. The van der Waals surface area contributed by atoms with Crippen LogP contribution in [0.5, 0.6) is 0 Å². The molecular weight excluding hydrogens is 268 g/mol. The minimum atomic E-state index is 0.939. The van der Waals surface area contributed by atoms with Gasteiger partial charge >= 0.3 is 0 Å². The van der Waals surface area contributed by atoms with Crippen LogP contribution in [0, 0.1) is 6.92 Å². The van der Waals surface area contributed by atoms with Crippen molar-refractivity contribution < 1.29 is 4.52 Å². The molecule has 0 spiro atoms. The first-order valence-corrected chi connectivity index (χ1v) is 7.53. The lowest BCUT2D eigenvalue weighted by molar-refractivity contribution is 0.431. The summed E-state index contributed by atoms with van der Waals surface area (Å²) in [5.41, 5.74) is 4.92. The maximum absolute atomic E-state index is 5.49. The van der Waals surface area contributed by atoms with Gasteiger partial charge in [0.05, 0.1) is 11.8 Å². The zero-order valence-electron chi connectivity index (χ0n) is 11.1. The van der Waals surface area contributed by atoms with Crippen LogP contribution in [0.2, 0.25) is 0 Å². The van der Waals surface area contributed by atoms with Gasteiger partial charge in [0.2, 0.25) is 0 Å². The van der Waals surface area contributed by atoms with E-state index >= 15 is 0 Å². The van der Waals surface area contributed by atoms with E-state index < -0.39 is 0 Å². The van der Waals surface area contributed by atoms with Crippen molar-refractivity contribution in [2.45, 2.75) is 19.8 Å². The number of aryl methyl sites for hydroxylation is 2. The fraction of sp³-hybridized carbons (Fsp3) is 0.188. The lowest BCUT2D eigenvalue weighted by Gasteiger charge is -2.13. The third-order valence-electron chi connectivity index (χ3n) is 3.76. The summed E-state index contributed by atoms with van der Waals surface area (Å²) in [5, 5.41) is 8.63. The Labute approximate surface area is 121 Å². The molecule has 0 amide bonds. The van der Waals surface area contributed by atoms with Gasteiger partial charge in [-0.25, -0.2) is 0 Å². The standard InChI is InChI=1S/C16H14N2OS/c1-10-13-8-7-11-9-17-19-15(11)14(13)16(20-10)18-12-5-3-2-4-6-12/h2-6,9,18H,7-8H2,1H3. The van der Waals surface area contributed by atoms with E-state index in [4.69, 9.17) is 4.52 Å². The van der Waals surface area contributed by atoms with Crippen LogP contribution in [0.15, 0.2) is 41.1 Å². The predicted octanol–water partition coefficient (Wildman–Crippen LogP) is 4.55. The first-order chi connectivity index (χ1) is 9.83. The third-order valence-corrected chi connectivity index (χ3v) is 4.82. The predicted molar refractivity (Wildman–Crippen MR) is 81.7 cm³/mol. The van der Waals surface area contributed by atoms with Crippen molar-refractivity contribution in [3.05, 3.63) is 52.5 Å². The summed E-state index contributed by atoms with van der Waals surface area (Å²) in [7, 11) is 0. The summed E-state index contributed by atoms with van der Waals surface area (Å²) in [6.45, 7) is 2.18. The minimum Gasteiger partial charge on any atom is -0.356 e. The van der Waals surface area contributed by atoms with E-state index in [0.29, 0.717) is 0 Å². The Balaban J connectivity index is 1.83. The van der Waals surface area contributed by atoms with E-state index in [1.807, 2.05) is 24.4 Å². The molecule has 4 heteroatoms. The van der Waals surface area contributed by atoms with Crippen molar-refractivity contribution in [1.82, 2.24) is 5.16 Å². The number of thiophene rings is 1. The Morgan fingerprint density at radius 1 is 1.20 bits per heavy atom. The largest absolute Gasteiger partial charge is 0.356 e. The van der Waals surface area contributed by atoms with Gasteiger partial charge in [-0.2, -0.15) is 0 Å². The van der Waals surface area contributed by atoms with Crippen molar-refractivity contribution in [3.63, 3.8) is 0 Å². The monoisotopic (exact) mass is 282 g/mol. The lowest BCUT2D eigenvalue weighted by Crippen LogP contribution is -2.01. The van der Waals surface area contributed by atoms with Gasteiger partial charge in [-0.3, -0.25) is 0 Å². The number of anilines is 2. The molecule has 4 rings (SSSR count). The molecule has 0 radical (unpaired) electrons. The topological polar surface area (TPSA) is 38.1 Å². The second kappa shape index (κ2) is 4.49. The number of benzene rings is 1. The molecule has 0 atom stereocenters. The molecule has 0 fully saturated rings. The number of aromatic nitrogens is 1. The van der Waals surface area contributed by atoms with Crippen LogP contribution in [0.4, 0.5) is 10.7 Å². The van der Waals surface area contributed by atoms with E-state index in [9.17, 15) is 0 Å². The third kappa shape index (κ3) is 1.76. The highest BCUT2D eigenvalue weighted by atomic mass is 32.1. The van der Waals surface area contributed by atoms with Crippen LogP contribution in [-0.2, 0) is 12.8 Å². The Hall–Kier alpha value is -2.07. The second-order valence-electron chi connectivity index (χ2n) is 5.01. The highest BCUT2D eigenvalue weighted by Crippen LogP contribution is 2.46. The molecule has 3 aromatic rings. The van der Waals surface area contributed by atoms with Crippen LogP contribution >= 0.6 is 11.3 Å². The van der Waals surface area contributed by atoms with Gasteiger partial charge in [0, 0.05) is 16.1 Å². The molecule has 100 valence electrons. The Morgan fingerprint density at radius 3 is 2.90 bits per heavy atom. The molecule has 0 unspecified atom stereocenters. The average Bonchev–Trinajstić information content (AvgIpc) is 3.05. The van der Waals surface area contributed by atoms with E-state index in [1.54, 1.807) is 11.3 Å². The van der Waals surface area contributed by atoms with Gasteiger partial charge in [-0.1, -0.05) is 23.4 Å². The Bertz CT molecular complexity index is 758. The van der Waals surface area contributed by atoms with Crippen molar-refractivity contribution in [2.24, 2.45) is 0 Å². The summed E-state index contributed by atoms with van der Waals surface area (Å²) in [6.07, 6.45) is 3.94. The number of nitrogens with one attached hydrogen (secondary N) is 1. The number of rotatable bonds is 2. The Kier molecular flexibility index (Phi) is 2.63. The van der Waals surface area contributed by atoms with Crippen LogP contribution < -0.4 is 5.32 Å². The normalized spacial score (nSPS) is 12.8. The van der Waals surface area contributed by atoms with Crippen LogP contribution in [0.25, 0.3) is 11.3 Å². The first kappa shape index (κ1) is 11.7. The zero-order valence-corrected chi connectivity index (χ0v) is 12.0. The zero-order chi connectivity index (χ0) is 13.5. The summed E-state index contributed by atoms with van der Waals surface area (Å²) < 4.78 is 5.49. The molecule has 1 N–H and O–H groups in total. The summed E-state index contributed by atoms with van der Waals surface area (Å²) >= 11 is 1.79. The van der Waals surface area contributed by atoms with Gasteiger partial charge in [0.25, 0.3) is 0 Å². The van der Waals surface area contributed by atoms with Crippen molar-refractivity contribution in [3.8, 4) is 11.3 Å². The number of hydrogen-bond donors (Lipinski definition) is 1. The molecule has 1 aliphatic rings. The van der Waals surface area contributed by atoms with Gasteiger partial charge < -0.3 is 9.84 Å². The van der Waals surface area contributed by atoms with Crippen molar-refractivity contribution in [1.29, 1.82) is 0 Å². The molecule has 2 heterocycles. The van der Waals surface area contributed by atoms with Crippen LogP contribution in [0.3, 0.4) is 0 Å². The molecule has 2 aromatic heterocycles. The molecule has 0 saturated heterocycles. The molecule has 1 aromatic carbocycles. The Morgan fingerprint density at radius 2 is 2.05 bits per heavy atom. The highest BCUT2D eigenvalue weighted by molar-refractivity contribution is 7.17. The quantitative estimate of drug-likeness (QED) is 0.749. The van der Waals surface area contributed by atoms with Gasteiger partial charge in [-0.15, -0.1) is 11.3 Å². The molecule has 0 aliphatic heterocycles. The van der Waals surface area contributed by atoms with E-state index in [2.05, 4.69) is 29.5 Å². The highest BCUT2D eigenvalue weighted by Gasteiger charge is 2.27. The smallest absolute Gasteiger partial charge is 0.173 e. The summed E-state index contributed by atoms with van der Waals surface area (Å²) in [4.78, 5) is 1.36. The van der Waals surface area contributed by atoms with Crippen molar-refractivity contribution in [2.75, 3.05) is 5.32 Å². The van der Waals surface area contributed by atoms with Gasteiger partial charge in [0.1, 0.15) is 5.00 Å². The molecular formula is C16H14N2OS. The molecule has 20 heavy (non-hydrogen) atoms. The molecule has 1 aliphatic carbocycles. The number of nitrogens with zero attached hydrogens (tertiary/aromatic N) is 1.